The Hall–Kier alpha value is 1.56. The zero-order valence-electron chi connectivity index (χ0n) is 2.31. The van der Waals surface area contributed by atoms with E-state index in [1.165, 1.54) is 0 Å². The fourth-order valence-electron chi connectivity index (χ4n) is 0. The monoisotopic (exact) mass is 282 g/mol. The number of hydrogen-bond donors (Lipinski definition) is 2. The molecule has 0 aliphatic heterocycles. The molecule has 0 spiro atoms. The van der Waals surface area contributed by atoms with Crippen LogP contribution in [0.4, 0.5) is 0 Å². The van der Waals surface area contributed by atoms with E-state index in [0.29, 0.717) is 0 Å². The predicted molar refractivity (Wildman–Crippen MR) is 25.1 cm³/mol. The second kappa shape index (κ2) is 23.8. The zero-order chi connectivity index (χ0) is 2.00. The number of rotatable bonds is 0. The van der Waals surface area contributed by atoms with E-state index in [1.807, 2.05) is 0 Å². The quantitative estimate of drug-likeness (QED) is 0.297. The molecule has 0 radical (unpaired) electrons. The van der Waals surface area contributed by atoms with Crippen molar-refractivity contribution in [2.45, 2.75) is 0 Å². The first-order valence-electron chi connectivity index (χ1n) is 0.200. The van der Waals surface area contributed by atoms with Gasteiger partial charge in [0.25, 0.3) is 0 Å². The van der Waals surface area contributed by atoms with Gasteiger partial charge >= 0.3 is 48.9 Å². The molecule has 0 unspecified atom stereocenters. The Morgan fingerprint density at radius 1 is 0.750 bits per heavy atom. The molecule has 2 N–H and O–H groups in total. The fraction of sp³-hybridized carbons (Fsp3) is 0. The van der Waals surface area contributed by atoms with Crippen LogP contribution in [0.3, 0.4) is 0 Å². The van der Waals surface area contributed by atoms with Crippen molar-refractivity contribution in [2.75, 3.05) is 0 Å². The molecule has 0 fully saturated rings. The predicted octanol–water partition coefficient (Wildman–Crippen LogP) is -2.35. The van der Waals surface area contributed by atoms with E-state index in [2.05, 4.69) is 0 Å². The molecule has 0 saturated heterocycles. The molecular weight excluding hydrogens is 276 g/mol. The van der Waals surface area contributed by atoms with E-state index in [1.54, 1.807) is 0 Å². The van der Waals surface area contributed by atoms with Crippen LogP contribution in [0.1, 0.15) is 0 Å². The van der Waals surface area contributed by atoms with Crippen LogP contribution in [-0.2, 0) is 0 Å². The van der Waals surface area contributed by atoms with Gasteiger partial charge in [-0.3, -0.25) is 10.5 Å². The van der Waals surface area contributed by atoms with Crippen LogP contribution in [0, 0.1) is 0 Å². The van der Waals surface area contributed by atoms with Gasteiger partial charge in [-0.15, -0.1) is 0 Å². The molecule has 0 bridgehead atoms. The van der Waals surface area contributed by atoms with Crippen LogP contribution in [0.15, 0.2) is 0 Å². The van der Waals surface area contributed by atoms with Gasteiger partial charge in [0, 0.05) is 0 Å². The molecule has 0 aromatic heterocycles. The van der Waals surface area contributed by atoms with Gasteiger partial charge in [-0.05, 0) is 0 Å². The summed E-state index contributed by atoms with van der Waals surface area (Å²) in [5, 5.41) is 12.0. The second-order valence-electron chi connectivity index (χ2n) is 0. The van der Waals surface area contributed by atoms with E-state index in [4.69, 9.17) is 10.5 Å². The molecule has 0 rings (SSSR count). The van der Waals surface area contributed by atoms with Gasteiger partial charge in [0.05, 0.1) is 0 Å². The van der Waals surface area contributed by atoms with E-state index >= 15 is 0 Å². The van der Waals surface area contributed by atoms with Gasteiger partial charge < -0.3 is 0 Å². The van der Waals surface area contributed by atoms with Gasteiger partial charge in [-0.1, -0.05) is 0 Å². The Kier molecular flexibility index (Phi) is 105. The molecule has 0 aliphatic carbocycles. The summed E-state index contributed by atoms with van der Waals surface area (Å²) in [5.74, 6) is 0. The molecule has 0 aromatic carbocycles. The Balaban J connectivity index is -0.00000000500. The minimum absolute atomic E-state index is 0. The van der Waals surface area contributed by atoms with Crippen molar-refractivity contribution in [1.82, 2.24) is 0 Å². The Morgan fingerprint density at radius 3 is 0.750 bits per heavy atom. The first kappa shape index (κ1) is 17.7. The maximum absolute atomic E-state index is 6.00. The molecule has 0 amide bonds. The zero-order valence-corrected chi connectivity index (χ0v) is 10.4. The Bertz CT molecular complexity index is 4.00. The normalized spacial score (nSPS) is 1.50. The van der Waals surface area contributed by atoms with Crippen molar-refractivity contribution in [3.8, 4) is 0 Å². The van der Waals surface area contributed by atoms with E-state index in [9.17, 15) is 0 Å². The summed E-state index contributed by atoms with van der Waals surface area (Å²) < 4.78 is 0. The number of hydrogen-bond acceptors (Lipinski definition) is 2. The van der Waals surface area contributed by atoms with Crippen LogP contribution < -0.4 is 0 Å². The van der Waals surface area contributed by atoms with E-state index < -0.39 is 0 Å². The van der Waals surface area contributed by atoms with Gasteiger partial charge in [-0.2, -0.15) is 0 Å². The van der Waals surface area contributed by atoms with E-state index in [0.717, 1.165) is 0 Å². The first-order chi connectivity index (χ1) is 1.00. The maximum atomic E-state index is 6.00. The van der Waals surface area contributed by atoms with Crippen molar-refractivity contribution < 1.29 is 10.5 Å². The summed E-state index contributed by atoms with van der Waals surface area (Å²) in [6.45, 7) is 0. The SMILES string of the molecule is OO.[SbH3].[SbH3]. The van der Waals surface area contributed by atoms with Gasteiger partial charge in [0.15, 0.2) is 0 Å². The summed E-state index contributed by atoms with van der Waals surface area (Å²) in [6.07, 6.45) is 0. The molecule has 0 heterocycles. The Labute approximate surface area is 59.0 Å². The fourth-order valence-corrected chi connectivity index (χ4v) is 0. The van der Waals surface area contributed by atoms with Gasteiger partial charge in [0.1, 0.15) is 0 Å². The van der Waals surface area contributed by atoms with Gasteiger partial charge in [-0.25, -0.2) is 0 Å². The van der Waals surface area contributed by atoms with E-state index in [-0.39, 0.29) is 48.9 Å². The molecule has 4 heteroatoms. The average molecular weight is 284 g/mol. The van der Waals surface area contributed by atoms with Crippen molar-refractivity contribution in [1.29, 1.82) is 0 Å². The van der Waals surface area contributed by atoms with Crippen molar-refractivity contribution in [2.24, 2.45) is 0 Å². The van der Waals surface area contributed by atoms with Crippen molar-refractivity contribution >= 4 is 48.9 Å². The molecule has 0 aromatic rings. The third-order valence-corrected chi connectivity index (χ3v) is 0. The molecule has 30 valence electrons. The van der Waals surface area contributed by atoms with Crippen LogP contribution in [0.2, 0.25) is 0 Å². The third-order valence-electron chi connectivity index (χ3n) is 0. The van der Waals surface area contributed by atoms with Crippen LogP contribution in [0.5, 0.6) is 0 Å². The molecule has 2 nitrogen and oxygen atoms in total. The first-order valence-corrected chi connectivity index (χ1v) is 0.200. The van der Waals surface area contributed by atoms with Crippen LogP contribution in [0.25, 0.3) is 0 Å². The standard InChI is InChI=1S/H2O2.2Sb.6H/c1-2;;;;;;;;/h1-2H;;;;;;;;. The third kappa shape index (κ3) is 9.59. The Morgan fingerprint density at radius 2 is 0.750 bits per heavy atom. The summed E-state index contributed by atoms with van der Waals surface area (Å²) in [6, 6.07) is 0. The summed E-state index contributed by atoms with van der Waals surface area (Å²) in [5.41, 5.74) is 0. The van der Waals surface area contributed by atoms with Crippen LogP contribution >= 0.6 is 0 Å². The topological polar surface area (TPSA) is 40.5 Å². The summed E-state index contributed by atoms with van der Waals surface area (Å²) in [4.78, 5) is 0. The van der Waals surface area contributed by atoms with Gasteiger partial charge in [0.2, 0.25) is 0 Å². The minimum atomic E-state index is 0. The molecule has 0 atom stereocenters. The molecular formula is H8O2Sb2. The molecule has 0 aliphatic rings. The van der Waals surface area contributed by atoms with Crippen molar-refractivity contribution in [3.05, 3.63) is 0 Å². The summed E-state index contributed by atoms with van der Waals surface area (Å²) >= 11 is 0. The van der Waals surface area contributed by atoms with Crippen LogP contribution in [-0.4, -0.2) is 59.4 Å². The summed E-state index contributed by atoms with van der Waals surface area (Å²) in [7, 11) is 0. The second-order valence-corrected chi connectivity index (χ2v) is 0. The van der Waals surface area contributed by atoms with Crippen molar-refractivity contribution in [3.63, 3.8) is 0 Å². The average Bonchev–Trinajstić information content (AvgIpc) is 1.00. The molecule has 0 saturated carbocycles. The molecule has 4 heavy (non-hydrogen) atoms.